The fourth-order valence-corrected chi connectivity index (χ4v) is 1.72. The minimum absolute atomic E-state index is 0.264. The molecule has 1 N–H and O–H groups in total. The number of pyridine rings is 1. The lowest BCUT2D eigenvalue weighted by molar-refractivity contribution is 0.102. The molecule has 0 unspecified atom stereocenters. The molecular weight excluding hydrogens is 255 g/mol. The number of carbonyl (C=O) groups is 1. The summed E-state index contributed by atoms with van der Waals surface area (Å²) < 4.78 is 13.2. The lowest BCUT2D eigenvalue weighted by Gasteiger charge is -2.06. The van der Waals surface area contributed by atoms with Crippen LogP contribution >= 0.6 is 11.6 Å². The van der Waals surface area contributed by atoms with Crippen molar-refractivity contribution < 1.29 is 9.18 Å². The zero-order chi connectivity index (χ0) is 13.1. The van der Waals surface area contributed by atoms with E-state index in [-0.39, 0.29) is 16.6 Å². The van der Waals surface area contributed by atoms with Gasteiger partial charge >= 0.3 is 0 Å². The topological polar surface area (TPSA) is 42.0 Å². The minimum Gasteiger partial charge on any atom is -0.322 e. The molecule has 0 aliphatic rings. The van der Waals surface area contributed by atoms with Crippen molar-refractivity contribution >= 4 is 23.2 Å². The summed E-state index contributed by atoms with van der Waals surface area (Å²) >= 11 is 5.70. The Morgan fingerprint density at radius 2 is 2.11 bits per heavy atom. The van der Waals surface area contributed by atoms with Gasteiger partial charge in [0.05, 0.1) is 0 Å². The first kappa shape index (κ1) is 12.5. The zero-order valence-electron chi connectivity index (χ0n) is 9.58. The first-order valence-corrected chi connectivity index (χ1v) is 5.62. The van der Waals surface area contributed by atoms with Crippen molar-refractivity contribution in [3.8, 4) is 0 Å². The summed E-state index contributed by atoms with van der Waals surface area (Å²) in [5.74, 6) is -0.826. The summed E-state index contributed by atoms with van der Waals surface area (Å²) in [6.45, 7) is 1.73. The maximum atomic E-state index is 13.2. The van der Waals surface area contributed by atoms with Crippen molar-refractivity contribution in [2.45, 2.75) is 6.92 Å². The van der Waals surface area contributed by atoms with Gasteiger partial charge in [0, 0.05) is 17.4 Å². The Kier molecular flexibility index (Phi) is 3.58. The van der Waals surface area contributed by atoms with Gasteiger partial charge in [-0.05, 0) is 42.8 Å². The van der Waals surface area contributed by atoms with Crippen LogP contribution in [0.5, 0.6) is 0 Å². The van der Waals surface area contributed by atoms with Gasteiger partial charge in [0.2, 0.25) is 0 Å². The molecule has 0 aliphatic carbocycles. The summed E-state index contributed by atoms with van der Waals surface area (Å²) in [5.41, 5.74) is 1.47. The monoisotopic (exact) mass is 264 g/mol. The van der Waals surface area contributed by atoms with Gasteiger partial charge in [-0.3, -0.25) is 4.79 Å². The van der Waals surface area contributed by atoms with Gasteiger partial charge in [0.15, 0.2) is 0 Å². The molecule has 0 atom stereocenters. The third-order valence-electron chi connectivity index (χ3n) is 2.29. The van der Waals surface area contributed by atoms with Gasteiger partial charge in [0.1, 0.15) is 11.0 Å². The van der Waals surface area contributed by atoms with E-state index in [0.717, 1.165) is 0 Å². The molecule has 0 aliphatic heterocycles. The lowest BCUT2D eigenvalue weighted by atomic mass is 10.1. The highest BCUT2D eigenvalue weighted by atomic mass is 35.5. The van der Waals surface area contributed by atoms with Crippen molar-refractivity contribution in [1.82, 2.24) is 4.98 Å². The predicted octanol–water partition coefficient (Wildman–Crippen LogP) is 3.43. The Bertz CT molecular complexity index is 581. The standard InChI is InChI=1S/C13H10ClFN2O/c1-8-4-9(6-10(15)5-8)13(18)17-11-2-3-16-12(14)7-11/h2-7H,1H3,(H,16,17,18). The van der Waals surface area contributed by atoms with Gasteiger partial charge < -0.3 is 5.32 Å². The summed E-state index contributed by atoms with van der Waals surface area (Å²) in [6, 6.07) is 7.29. The number of benzene rings is 1. The van der Waals surface area contributed by atoms with E-state index in [4.69, 9.17) is 11.6 Å². The Morgan fingerprint density at radius 3 is 2.78 bits per heavy atom. The normalized spacial score (nSPS) is 10.2. The fourth-order valence-electron chi connectivity index (χ4n) is 1.55. The molecule has 5 heteroatoms. The van der Waals surface area contributed by atoms with Crippen LogP contribution in [0.25, 0.3) is 0 Å². The van der Waals surface area contributed by atoms with Crippen molar-refractivity contribution in [2.75, 3.05) is 5.32 Å². The SMILES string of the molecule is Cc1cc(F)cc(C(=O)Nc2ccnc(Cl)c2)c1. The number of rotatable bonds is 2. The second-order valence-electron chi connectivity index (χ2n) is 3.84. The van der Waals surface area contributed by atoms with E-state index >= 15 is 0 Å². The first-order chi connectivity index (χ1) is 8.54. The molecule has 1 heterocycles. The Labute approximate surface area is 109 Å². The van der Waals surface area contributed by atoms with Crippen molar-refractivity contribution in [1.29, 1.82) is 0 Å². The van der Waals surface area contributed by atoms with Crippen molar-refractivity contribution in [3.63, 3.8) is 0 Å². The third kappa shape index (κ3) is 3.05. The second kappa shape index (κ2) is 5.14. The molecule has 2 aromatic rings. The zero-order valence-corrected chi connectivity index (χ0v) is 10.3. The van der Waals surface area contributed by atoms with E-state index in [9.17, 15) is 9.18 Å². The van der Waals surface area contributed by atoms with Crippen LogP contribution in [0.3, 0.4) is 0 Å². The number of nitrogens with zero attached hydrogens (tertiary/aromatic N) is 1. The van der Waals surface area contributed by atoms with Crippen LogP contribution < -0.4 is 5.32 Å². The predicted molar refractivity (Wildman–Crippen MR) is 68.3 cm³/mol. The molecular formula is C13H10ClFN2O. The van der Waals surface area contributed by atoms with Crippen LogP contribution in [-0.2, 0) is 0 Å². The lowest BCUT2D eigenvalue weighted by Crippen LogP contribution is -2.12. The number of amides is 1. The minimum atomic E-state index is -0.437. The Balaban J connectivity index is 2.22. The van der Waals surface area contributed by atoms with Gasteiger partial charge in [0.25, 0.3) is 5.91 Å². The van der Waals surface area contributed by atoms with Gasteiger partial charge in [-0.15, -0.1) is 0 Å². The molecule has 92 valence electrons. The van der Waals surface area contributed by atoms with Gasteiger partial charge in [-0.1, -0.05) is 11.6 Å². The highest BCUT2D eigenvalue weighted by molar-refractivity contribution is 6.29. The number of carbonyl (C=O) groups excluding carboxylic acids is 1. The molecule has 0 spiro atoms. The van der Waals surface area contributed by atoms with E-state index in [1.807, 2.05) is 0 Å². The quantitative estimate of drug-likeness (QED) is 0.845. The highest BCUT2D eigenvalue weighted by Gasteiger charge is 2.08. The highest BCUT2D eigenvalue weighted by Crippen LogP contribution is 2.14. The molecule has 0 fully saturated rings. The number of anilines is 1. The van der Waals surface area contributed by atoms with E-state index in [2.05, 4.69) is 10.3 Å². The number of halogens is 2. The summed E-state index contributed by atoms with van der Waals surface area (Å²) in [5, 5.41) is 2.90. The fraction of sp³-hybridized carbons (Fsp3) is 0.0769. The van der Waals surface area contributed by atoms with Crippen LogP contribution in [0.4, 0.5) is 10.1 Å². The molecule has 1 amide bonds. The van der Waals surface area contributed by atoms with E-state index in [1.165, 1.54) is 24.4 Å². The number of nitrogens with one attached hydrogen (secondary N) is 1. The third-order valence-corrected chi connectivity index (χ3v) is 2.50. The number of aryl methyl sites for hydroxylation is 1. The maximum absolute atomic E-state index is 13.2. The van der Waals surface area contributed by atoms with Crippen LogP contribution in [0.15, 0.2) is 36.5 Å². The van der Waals surface area contributed by atoms with Crippen LogP contribution in [0, 0.1) is 12.7 Å². The molecule has 2 rings (SSSR count). The molecule has 0 radical (unpaired) electrons. The molecule has 1 aromatic carbocycles. The largest absolute Gasteiger partial charge is 0.322 e. The van der Waals surface area contributed by atoms with E-state index < -0.39 is 5.82 Å². The summed E-state index contributed by atoms with van der Waals surface area (Å²) in [4.78, 5) is 15.7. The number of hydrogen-bond donors (Lipinski definition) is 1. The average molecular weight is 265 g/mol. The maximum Gasteiger partial charge on any atom is 0.255 e. The molecule has 1 aromatic heterocycles. The molecule has 0 bridgehead atoms. The van der Waals surface area contributed by atoms with Crippen LogP contribution in [-0.4, -0.2) is 10.9 Å². The van der Waals surface area contributed by atoms with E-state index in [1.54, 1.807) is 19.1 Å². The molecule has 0 saturated carbocycles. The first-order valence-electron chi connectivity index (χ1n) is 5.25. The van der Waals surface area contributed by atoms with Gasteiger partial charge in [-0.25, -0.2) is 9.37 Å². The van der Waals surface area contributed by atoms with Gasteiger partial charge in [-0.2, -0.15) is 0 Å². The summed E-state index contributed by atoms with van der Waals surface area (Å²) in [6.07, 6.45) is 1.48. The van der Waals surface area contributed by atoms with Crippen LogP contribution in [0.1, 0.15) is 15.9 Å². The Hall–Kier alpha value is -1.94. The Morgan fingerprint density at radius 1 is 1.33 bits per heavy atom. The second-order valence-corrected chi connectivity index (χ2v) is 4.23. The molecule has 18 heavy (non-hydrogen) atoms. The van der Waals surface area contributed by atoms with Crippen molar-refractivity contribution in [2.24, 2.45) is 0 Å². The molecule has 3 nitrogen and oxygen atoms in total. The van der Waals surface area contributed by atoms with Crippen molar-refractivity contribution in [3.05, 3.63) is 58.6 Å². The number of hydrogen-bond acceptors (Lipinski definition) is 2. The molecule has 0 saturated heterocycles. The summed E-state index contributed by atoms with van der Waals surface area (Å²) in [7, 11) is 0. The van der Waals surface area contributed by atoms with E-state index in [0.29, 0.717) is 11.3 Å². The average Bonchev–Trinajstić information content (AvgIpc) is 2.27. The number of aromatic nitrogens is 1. The smallest absolute Gasteiger partial charge is 0.255 e. The van der Waals surface area contributed by atoms with Crippen LogP contribution in [0.2, 0.25) is 5.15 Å².